The molecule has 2 rings (SSSR count). The van der Waals surface area contributed by atoms with Crippen molar-refractivity contribution in [3.63, 3.8) is 0 Å². The third-order valence-corrected chi connectivity index (χ3v) is 4.16. The van der Waals surface area contributed by atoms with E-state index >= 15 is 0 Å². The highest BCUT2D eigenvalue weighted by Gasteiger charge is 2.44. The van der Waals surface area contributed by atoms with Crippen molar-refractivity contribution in [1.29, 1.82) is 0 Å². The van der Waals surface area contributed by atoms with Crippen molar-refractivity contribution in [1.82, 2.24) is 4.90 Å². The Kier molecular flexibility index (Phi) is 3.14. The van der Waals surface area contributed by atoms with Gasteiger partial charge in [0.25, 0.3) is 0 Å². The summed E-state index contributed by atoms with van der Waals surface area (Å²) in [5, 5.41) is 0. The molecule has 0 aliphatic heterocycles. The molecule has 1 fully saturated rings. The van der Waals surface area contributed by atoms with Gasteiger partial charge in [0.15, 0.2) is 0 Å². The highest BCUT2D eigenvalue weighted by atomic mass is 79.9. The summed E-state index contributed by atoms with van der Waals surface area (Å²) in [5.41, 5.74) is 7.43. The second-order valence-corrected chi connectivity index (χ2v) is 5.23. The molecular formula is C12H17BrN2. The highest BCUT2D eigenvalue weighted by molar-refractivity contribution is 9.10. The molecule has 0 aromatic heterocycles. The third-order valence-electron chi connectivity index (χ3n) is 3.38. The second-order valence-electron chi connectivity index (χ2n) is 4.38. The van der Waals surface area contributed by atoms with Crippen LogP contribution in [-0.2, 0) is 6.54 Å². The summed E-state index contributed by atoms with van der Waals surface area (Å²) in [6.07, 6.45) is 2.48. The standard InChI is InChI=1S/C12H17BrN2/c1-15(12(9-14)6-7-12)8-10-4-2-3-5-11(10)13/h2-5H,6-9,14H2,1H3. The number of benzene rings is 1. The molecule has 0 amide bonds. The van der Waals surface area contributed by atoms with E-state index in [1.807, 2.05) is 6.07 Å². The average Bonchev–Trinajstić information content (AvgIpc) is 3.02. The van der Waals surface area contributed by atoms with Gasteiger partial charge in [-0.2, -0.15) is 0 Å². The average molecular weight is 269 g/mol. The lowest BCUT2D eigenvalue weighted by Gasteiger charge is -2.27. The fraction of sp³-hybridized carbons (Fsp3) is 0.500. The Bertz CT molecular complexity index is 347. The van der Waals surface area contributed by atoms with E-state index < -0.39 is 0 Å². The van der Waals surface area contributed by atoms with Gasteiger partial charge in [-0.3, -0.25) is 4.90 Å². The molecule has 0 atom stereocenters. The molecule has 1 aromatic rings. The summed E-state index contributed by atoms with van der Waals surface area (Å²) in [6, 6.07) is 8.37. The monoisotopic (exact) mass is 268 g/mol. The van der Waals surface area contributed by atoms with Crippen LogP contribution in [0.5, 0.6) is 0 Å². The van der Waals surface area contributed by atoms with E-state index in [2.05, 4.69) is 46.1 Å². The van der Waals surface area contributed by atoms with Crippen LogP contribution in [0.4, 0.5) is 0 Å². The smallest absolute Gasteiger partial charge is 0.0333 e. The van der Waals surface area contributed by atoms with Crippen LogP contribution in [0.15, 0.2) is 28.7 Å². The lowest BCUT2D eigenvalue weighted by molar-refractivity contribution is 0.218. The zero-order chi connectivity index (χ0) is 10.9. The Labute approximate surface area is 99.6 Å². The van der Waals surface area contributed by atoms with E-state index in [9.17, 15) is 0 Å². The van der Waals surface area contributed by atoms with Crippen molar-refractivity contribution >= 4 is 15.9 Å². The zero-order valence-corrected chi connectivity index (χ0v) is 10.6. The zero-order valence-electron chi connectivity index (χ0n) is 9.04. The van der Waals surface area contributed by atoms with Gasteiger partial charge >= 0.3 is 0 Å². The van der Waals surface area contributed by atoms with E-state index in [-0.39, 0.29) is 5.54 Å². The van der Waals surface area contributed by atoms with Gasteiger partial charge in [0, 0.05) is 23.1 Å². The summed E-state index contributed by atoms with van der Waals surface area (Å²) in [7, 11) is 2.17. The van der Waals surface area contributed by atoms with Crippen molar-refractivity contribution in [2.24, 2.45) is 5.73 Å². The van der Waals surface area contributed by atoms with Crippen molar-refractivity contribution in [3.05, 3.63) is 34.3 Å². The maximum Gasteiger partial charge on any atom is 0.0333 e. The first-order valence-electron chi connectivity index (χ1n) is 5.33. The summed E-state index contributed by atoms with van der Waals surface area (Å²) in [6.45, 7) is 1.74. The van der Waals surface area contributed by atoms with Crippen molar-refractivity contribution in [2.75, 3.05) is 13.6 Å². The topological polar surface area (TPSA) is 29.3 Å². The maximum absolute atomic E-state index is 5.81. The minimum atomic E-state index is 0.287. The Morgan fingerprint density at radius 2 is 2.07 bits per heavy atom. The van der Waals surface area contributed by atoms with Gasteiger partial charge in [-0.25, -0.2) is 0 Å². The Hall–Kier alpha value is -0.380. The quantitative estimate of drug-likeness (QED) is 0.909. The number of nitrogens with two attached hydrogens (primary N) is 1. The fourth-order valence-electron chi connectivity index (χ4n) is 1.94. The fourth-order valence-corrected chi connectivity index (χ4v) is 2.35. The lowest BCUT2D eigenvalue weighted by atomic mass is 10.1. The molecule has 2 N–H and O–H groups in total. The van der Waals surface area contributed by atoms with Crippen molar-refractivity contribution < 1.29 is 0 Å². The largest absolute Gasteiger partial charge is 0.329 e. The predicted octanol–water partition coefficient (Wildman–Crippen LogP) is 2.37. The van der Waals surface area contributed by atoms with Crippen molar-refractivity contribution in [2.45, 2.75) is 24.9 Å². The molecule has 1 saturated carbocycles. The van der Waals surface area contributed by atoms with E-state index in [4.69, 9.17) is 5.73 Å². The van der Waals surface area contributed by atoms with E-state index in [0.717, 1.165) is 13.1 Å². The normalized spacial score (nSPS) is 18.1. The molecule has 0 radical (unpaired) electrons. The summed E-state index contributed by atoms with van der Waals surface area (Å²) in [4.78, 5) is 2.38. The second kappa shape index (κ2) is 4.24. The molecule has 0 spiro atoms. The van der Waals surface area contributed by atoms with Gasteiger partial charge in [-0.1, -0.05) is 34.1 Å². The van der Waals surface area contributed by atoms with Crippen LogP contribution >= 0.6 is 15.9 Å². The number of rotatable bonds is 4. The van der Waals surface area contributed by atoms with Crippen LogP contribution in [0.25, 0.3) is 0 Å². The summed E-state index contributed by atoms with van der Waals surface area (Å²) < 4.78 is 1.18. The third kappa shape index (κ3) is 2.25. The first kappa shape index (κ1) is 11.1. The molecule has 2 nitrogen and oxygen atoms in total. The number of hydrogen-bond donors (Lipinski definition) is 1. The maximum atomic E-state index is 5.81. The molecule has 0 bridgehead atoms. The van der Waals surface area contributed by atoms with Gasteiger partial charge < -0.3 is 5.73 Å². The van der Waals surface area contributed by atoms with Crippen LogP contribution < -0.4 is 5.73 Å². The Morgan fingerprint density at radius 1 is 1.40 bits per heavy atom. The predicted molar refractivity (Wildman–Crippen MR) is 66.6 cm³/mol. The molecule has 0 unspecified atom stereocenters. The molecular weight excluding hydrogens is 252 g/mol. The highest BCUT2D eigenvalue weighted by Crippen LogP contribution is 2.40. The van der Waals surface area contributed by atoms with Gasteiger partial charge in [-0.15, -0.1) is 0 Å². The first-order valence-corrected chi connectivity index (χ1v) is 6.12. The molecule has 3 heteroatoms. The number of nitrogens with zero attached hydrogens (tertiary/aromatic N) is 1. The first-order chi connectivity index (χ1) is 7.18. The van der Waals surface area contributed by atoms with Crippen LogP contribution in [0.3, 0.4) is 0 Å². The van der Waals surface area contributed by atoms with Gasteiger partial charge in [-0.05, 0) is 31.5 Å². The van der Waals surface area contributed by atoms with Gasteiger partial charge in [0.1, 0.15) is 0 Å². The minimum absolute atomic E-state index is 0.287. The van der Waals surface area contributed by atoms with E-state index in [0.29, 0.717) is 0 Å². The molecule has 82 valence electrons. The molecule has 1 aliphatic rings. The lowest BCUT2D eigenvalue weighted by Crippen LogP contribution is -2.39. The number of halogens is 1. The Morgan fingerprint density at radius 3 is 2.60 bits per heavy atom. The number of likely N-dealkylation sites (N-methyl/N-ethyl adjacent to an activating group) is 1. The van der Waals surface area contributed by atoms with Crippen LogP contribution in [0.1, 0.15) is 18.4 Å². The molecule has 1 aromatic carbocycles. The van der Waals surface area contributed by atoms with Crippen molar-refractivity contribution in [3.8, 4) is 0 Å². The SMILES string of the molecule is CN(Cc1ccccc1Br)C1(CN)CC1. The van der Waals surface area contributed by atoms with Crippen LogP contribution in [0.2, 0.25) is 0 Å². The van der Waals surface area contributed by atoms with E-state index in [1.165, 1.54) is 22.9 Å². The van der Waals surface area contributed by atoms with E-state index in [1.54, 1.807) is 0 Å². The number of hydrogen-bond acceptors (Lipinski definition) is 2. The molecule has 0 heterocycles. The minimum Gasteiger partial charge on any atom is -0.329 e. The Balaban J connectivity index is 2.06. The van der Waals surface area contributed by atoms with Gasteiger partial charge in [0.05, 0.1) is 0 Å². The molecule has 0 saturated heterocycles. The van der Waals surface area contributed by atoms with Gasteiger partial charge in [0.2, 0.25) is 0 Å². The van der Waals surface area contributed by atoms with Crippen LogP contribution in [0, 0.1) is 0 Å². The molecule has 15 heavy (non-hydrogen) atoms. The summed E-state index contributed by atoms with van der Waals surface area (Å²) >= 11 is 3.58. The summed E-state index contributed by atoms with van der Waals surface area (Å²) in [5.74, 6) is 0. The molecule has 1 aliphatic carbocycles. The van der Waals surface area contributed by atoms with Crippen LogP contribution in [-0.4, -0.2) is 24.0 Å².